The molecule has 0 saturated carbocycles. The lowest BCUT2D eigenvalue weighted by atomic mass is 10.0. The summed E-state index contributed by atoms with van der Waals surface area (Å²) in [6.45, 7) is 3.29. The molecule has 1 atom stereocenters. The number of nitrogens with one attached hydrogen (secondary N) is 1. The van der Waals surface area contributed by atoms with E-state index in [-0.39, 0.29) is 49.7 Å². The second-order valence-corrected chi connectivity index (χ2v) is 7.56. The number of rotatable bonds is 12. The summed E-state index contributed by atoms with van der Waals surface area (Å²) in [7, 11) is 0. The highest BCUT2D eigenvalue weighted by Crippen LogP contribution is 2.16. The number of hydrogen-bond donors (Lipinski definition) is 2. The van der Waals surface area contributed by atoms with Crippen LogP contribution >= 0.6 is 0 Å². The van der Waals surface area contributed by atoms with Crippen molar-refractivity contribution in [1.29, 1.82) is 0 Å². The highest BCUT2D eigenvalue weighted by atomic mass is 16.5. The second-order valence-electron chi connectivity index (χ2n) is 7.56. The number of amides is 1. The summed E-state index contributed by atoms with van der Waals surface area (Å²) in [4.78, 5) is 47.5. The molecule has 176 valence electrons. The second kappa shape index (κ2) is 13.0. The van der Waals surface area contributed by atoms with Crippen LogP contribution in [0, 0.1) is 0 Å². The largest absolute Gasteiger partial charge is 0.508 e. The van der Waals surface area contributed by atoms with E-state index in [9.17, 15) is 24.3 Å². The van der Waals surface area contributed by atoms with E-state index in [0.29, 0.717) is 12.2 Å². The molecular weight excluding hydrogens is 426 g/mol. The molecule has 2 N–H and O–H groups in total. The van der Waals surface area contributed by atoms with Crippen LogP contribution < -0.4 is 10.1 Å². The summed E-state index contributed by atoms with van der Waals surface area (Å²) in [6, 6.07) is 12.3. The zero-order valence-electron chi connectivity index (χ0n) is 18.8. The minimum atomic E-state index is -0.860. The maximum atomic E-state index is 12.4. The van der Waals surface area contributed by atoms with Crippen molar-refractivity contribution >= 4 is 23.6 Å². The normalized spacial score (nSPS) is 11.3. The number of ether oxygens (including phenoxy) is 2. The van der Waals surface area contributed by atoms with Gasteiger partial charge in [0, 0.05) is 19.3 Å². The number of phenolic OH excluding ortho intramolecular Hbond substituents is 1. The van der Waals surface area contributed by atoms with Crippen LogP contribution in [0.15, 0.2) is 48.5 Å². The van der Waals surface area contributed by atoms with Gasteiger partial charge in [-0.2, -0.15) is 0 Å². The molecule has 2 rings (SSSR count). The number of ketones is 1. The Kier molecular flexibility index (Phi) is 10.1. The summed E-state index contributed by atoms with van der Waals surface area (Å²) in [5.74, 6) is -0.923. The minimum Gasteiger partial charge on any atom is -0.508 e. The molecule has 1 unspecified atom stereocenters. The van der Waals surface area contributed by atoms with Gasteiger partial charge < -0.3 is 24.7 Å². The van der Waals surface area contributed by atoms with Crippen LogP contribution in [0.2, 0.25) is 0 Å². The summed E-state index contributed by atoms with van der Waals surface area (Å²) in [5, 5.41) is 12.1. The van der Waals surface area contributed by atoms with Gasteiger partial charge in [0.05, 0.1) is 13.0 Å². The average Bonchev–Trinajstić information content (AvgIpc) is 2.78. The molecule has 33 heavy (non-hydrogen) atoms. The molecule has 8 nitrogen and oxygen atoms in total. The fourth-order valence-electron chi connectivity index (χ4n) is 3.01. The van der Waals surface area contributed by atoms with Gasteiger partial charge in [-0.05, 0) is 55.7 Å². The monoisotopic (exact) mass is 455 g/mol. The zero-order valence-corrected chi connectivity index (χ0v) is 18.8. The number of carbonyl (C=O) groups excluding carboxylic acids is 4. The summed E-state index contributed by atoms with van der Waals surface area (Å²) in [5.41, 5.74) is 1.64. The minimum absolute atomic E-state index is 0.0121. The van der Waals surface area contributed by atoms with Crippen LogP contribution in [0.25, 0.3) is 0 Å². The molecular formula is C25H29NO7. The van der Waals surface area contributed by atoms with Gasteiger partial charge in [0.2, 0.25) is 5.91 Å². The first-order valence-corrected chi connectivity index (χ1v) is 10.8. The number of phenols is 1. The Morgan fingerprint density at radius 2 is 1.55 bits per heavy atom. The number of esters is 2. The lowest BCUT2D eigenvalue weighted by molar-refractivity contribution is -0.147. The zero-order chi connectivity index (χ0) is 24.2. The average molecular weight is 456 g/mol. The Hall–Kier alpha value is -3.68. The number of hydrogen-bond acceptors (Lipinski definition) is 7. The Morgan fingerprint density at radius 1 is 0.909 bits per heavy atom. The molecule has 0 aliphatic carbocycles. The van der Waals surface area contributed by atoms with E-state index in [1.807, 2.05) is 0 Å². The molecule has 0 saturated heterocycles. The fraction of sp³-hybridized carbons (Fsp3) is 0.360. The van der Waals surface area contributed by atoms with Crippen molar-refractivity contribution in [2.45, 2.75) is 52.0 Å². The van der Waals surface area contributed by atoms with Gasteiger partial charge in [-0.3, -0.25) is 9.59 Å². The molecule has 0 aliphatic rings. The predicted octanol–water partition coefficient (Wildman–Crippen LogP) is 2.89. The molecule has 0 aliphatic heterocycles. The maximum absolute atomic E-state index is 12.4. The van der Waals surface area contributed by atoms with E-state index < -0.39 is 18.0 Å². The van der Waals surface area contributed by atoms with E-state index in [0.717, 1.165) is 11.1 Å². The molecule has 0 aromatic heterocycles. The smallest absolute Gasteiger partial charge is 0.328 e. The predicted molar refractivity (Wildman–Crippen MR) is 121 cm³/mol. The number of aromatic hydroxyl groups is 1. The van der Waals surface area contributed by atoms with E-state index in [2.05, 4.69) is 5.32 Å². The van der Waals surface area contributed by atoms with Crippen molar-refractivity contribution in [3.8, 4) is 11.5 Å². The Labute approximate surface area is 192 Å². The van der Waals surface area contributed by atoms with Crippen molar-refractivity contribution in [2.24, 2.45) is 0 Å². The van der Waals surface area contributed by atoms with Gasteiger partial charge in [0.15, 0.2) is 0 Å². The van der Waals surface area contributed by atoms with Gasteiger partial charge in [-0.1, -0.05) is 24.3 Å². The van der Waals surface area contributed by atoms with Crippen molar-refractivity contribution < 1.29 is 33.8 Å². The SMILES string of the molecule is CCOC(=O)C(Cc1ccc(OC(=O)CCC(C)=O)cc1)NC(=O)CCc1ccc(O)cc1. The topological polar surface area (TPSA) is 119 Å². The van der Waals surface area contributed by atoms with E-state index in [1.165, 1.54) is 6.92 Å². The first kappa shape index (κ1) is 25.6. The Bertz CT molecular complexity index is 952. The van der Waals surface area contributed by atoms with Crippen LogP contribution in [0.1, 0.15) is 44.2 Å². The van der Waals surface area contributed by atoms with Crippen molar-refractivity contribution in [2.75, 3.05) is 6.61 Å². The number of benzene rings is 2. The summed E-state index contributed by atoms with van der Waals surface area (Å²) in [6.07, 6.45) is 0.992. The van der Waals surface area contributed by atoms with E-state index in [4.69, 9.17) is 9.47 Å². The van der Waals surface area contributed by atoms with Crippen LogP contribution in [0.3, 0.4) is 0 Å². The van der Waals surface area contributed by atoms with Crippen molar-refractivity contribution in [3.63, 3.8) is 0 Å². The number of Topliss-reactive ketones (excluding diaryl/α,β-unsaturated/α-hetero) is 1. The molecule has 8 heteroatoms. The molecule has 0 spiro atoms. The molecule has 2 aromatic rings. The third-order valence-electron chi connectivity index (χ3n) is 4.76. The third kappa shape index (κ3) is 9.55. The summed E-state index contributed by atoms with van der Waals surface area (Å²) < 4.78 is 10.3. The Morgan fingerprint density at radius 3 is 2.15 bits per heavy atom. The van der Waals surface area contributed by atoms with Crippen LogP contribution in [0.4, 0.5) is 0 Å². The fourth-order valence-corrected chi connectivity index (χ4v) is 3.01. The molecule has 0 heterocycles. The summed E-state index contributed by atoms with van der Waals surface area (Å²) >= 11 is 0. The number of carbonyl (C=O) groups is 4. The standard InChI is InChI=1S/C25H29NO7/c1-3-32-25(31)22(26-23(29)14-9-18-5-10-20(28)11-6-18)16-19-7-12-21(13-8-19)33-24(30)15-4-17(2)27/h5-8,10-13,22,28H,3-4,9,14-16H2,1-2H3,(H,26,29). The first-order chi connectivity index (χ1) is 15.8. The van der Waals surface area contributed by atoms with Crippen molar-refractivity contribution in [1.82, 2.24) is 5.32 Å². The van der Waals surface area contributed by atoms with Crippen molar-refractivity contribution in [3.05, 3.63) is 59.7 Å². The number of aryl methyl sites for hydroxylation is 1. The van der Waals surface area contributed by atoms with Gasteiger partial charge in [-0.25, -0.2) is 4.79 Å². The van der Waals surface area contributed by atoms with Gasteiger partial charge >= 0.3 is 11.9 Å². The quantitative estimate of drug-likeness (QED) is 0.373. The molecule has 0 fully saturated rings. The lowest BCUT2D eigenvalue weighted by Crippen LogP contribution is -2.43. The van der Waals surface area contributed by atoms with Gasteiger partial charge in [-0.15, -0.1) is 0 Å². The van der Waals surface area contributed by atoms with Crippen LogP contribution in [0.5, 0.6) is 11.5 Å². The third-order valence-corrected chi connectivity index (χ3v) is 4.76. The highest BCUT2D eigenvalue weighted by Gasteiger charge is 2.22. The molecule has 0 bridgehead atoms. The molecule has 0 radical (unpaired) electrons. The van der Waals surface area contributed by atoms with Crippen LogP contribution in [-0.2, 0) is 36.8 Å². The van der Waals surface area contributed by atoms with Gasteiger partial charge in [0.25, 0.3) is 0 Å². The highest BCUT2D eigenvalue weighted by molar-refractivity contribution is 5.85. The molecule has 1 amide bonds. The lowest BCUT2D eigenvalue weighted by Gasteiger charge is -2.18. The van der Waals surface area contributed by atoms with E-state index in [1.54, 1.807) is 55.5 Å². The van der Waals surface area contributed by atoms with Crippen LogP contribution in [-0.4, -0.2) is 41.4 Å². The first-order valence-electron chi connectivity index (χ1n) is 10.8. The Balaban J connectivity index is 1.94. The molecule has 2 aromatic carbocycles. The van der Waals surface area contributed by atoms with E-state index >= 15 is 0 Å². The maximum Gasteiger partial charge on any atom is 0.328 e. The van der Waals surface area contributed by atoms with Gasteiger partial charge in [0.1, 0.15) is 23.3 Å².